The van der Waals surface area contributed by atoms with Crippen molar-refractivity contribution in [3.63, 3.8) is 0 Å². The second kappa shape index (κ2) is 4.59. The number of fused-ring (bicyclic) bond motifs is 5. The lowest BCUT2D eigenvalue weighted by atomic mass is 9.45. The van der Waals surface area contributed by atoms with Crippen LogP contribution in [0.5, 0.6) is 0 Å². The van der Waals surface area contributed by atoms with Gasteiger partial charge in [0.15, 0.2) is 0 Å². The number of carbonyl (C=O) groups is 1. The summed E-state index contributed by atoms with van der Waals surface area (Å²) in [5, 5.41) is 0. The van der Waals surface area contributed by atoms with Gasteiger partial charge in [-0.1, -0.05) is 20.8 Å². The van der Waals surface area contributed by atoms with E-state index in [4.69, 9.17) is 0 Å². The van der Waals surface area contributed by atoms with Gasteiger partial charge in [-0.05, 0) is 85.4 Å². The van der Waals surface area contributed by atoms with Crippen LogP contribution >= 0.6 is 0 Å². The lowest BCUT2D eigenvalue weighted by Crippen LogP contribution is -2.53. The number of hydrogen-bond acceptors (Lipinski definition) is 1. The van der Waals surface area contributed by atoms with Crippen LogP contribution in [0.1, 0.15) is 78.6 Å². The van der Waals surface area contributed by atoms with Crippen LogP contribution in [0.25, 0.3) is 0 Å². The molecule has 4 aliphatic carbocycles. The topological polar surface area (TPSA) is 17.1 Å². The fourth-order valence-corrected chi connectivity index (χ4v) is 7.51. The summed E-state index contributed by atoms with van der Waals surface area (Å²) in [6.07, 6.45) is 11.6. The van der Waals surface area contributed by atoms with Gasteiger partial charge in [0.2, 0.25) is 0 Å². The molecule has 1 heteroatoms. The lowest BCUT2D eigenvalue weighted by Gasteiger charge is -2.60. The third-order valence-electron chi connectivity index (χ3n) is 8.64. The van der Waals surface area contributed by atoms with Gasteiger partial charge in [-0.2, -0.15) is 0 Å². The second-order valence-electron chi connectivity index (χ2n) is 9.53. The van der Waals surface area contributed by atoms with Gasteiger partial charge in [-0.3, -0.25) is 4.79 Å². The van der Waals surface area contributed by atoms with Crippen molar-refractivity contribution in [3.8, 4) is 0 Å². The molecular weight excluding hydrogens is 256 g/mol. The van der Waals surface area contributed by atoms with Crippen molar-refractivity contribution in [2.75, 3.05) is 0 Å². The van der Waals surface area contributed by atoms with Crippen molar-refractivity contribution in [1.29, 1.82) is 0 Å². The summed E-state index contributed by atoms with van der Waals surface area (Å²) in [4.78, 5) is 11.9. The van der Waals surface area contributed by atoms with E-state index in [0.717, 1.165) is 36.5 Å². The first-order valence-electron chi connectivity index (χ1n) is 9.46. The Labute approximate surface area is 130 Å². The van der Waals surface area contributed by atoms with Crippen molar-refractivity contribution in [3.05, 3.63) is 0 Å². The predicted octanol–water partition coefficient (Wildman–Crippen LogP) is 5.23. The maximum Gasteiger partial charge on any atom is 0.133 e. The predicted molar refractivity (Wildman–Crippen MR) is 85.9 cm³/mol. The third-order valence-corrected chi connectivity index (χ3v) is 8.64. The van der Waals surface area contributed by atoms with Crippen molar-refractivity contribution in [1.82, 2.24) is 0 Å². The molecule has 21 heavy (non-hydrogen) atoms. The minimum absolute atomic E-state index is 0.487. The number of carbonyl (C=O) groups excluding carboxylic acids is 1. The Morgan fingerprint density at radius 2 is 1.76 bits per heavy atom. The lowest BCUT2D eigenvalue weighted by molar-refractivity contribution is -0.139. The molecule has 4 saturated carbocycles. The minimum Gasteiger partial charge on any atom is -0.300 e. The molecule has 0 saturated heterocycles. The first-order chi connectivity index (χ1) is 9.94. The van der Waals surface area contributed by atoms with Crippen molar-refractivity contribution in [2.45, 2.75) is 78.6 Å². The second-order valence-corrected chi connectivity index (χ2v) is 9.53. The van der Waals surface area contributed by atoms with Crippen molar-refractivity contribution >= 4 is 5.78 Å². The largest absolute Gasteiger partial charge is 0.300 e. The van der Waals surface area contributed by atoms with E-state index in [9.17, 15) is 4.79 Å². The van der Waals surface area contributed by atoms with Gasteiger partial charge in [0.05, 0.1) is 0 Å². The summed E-state index contributed by atoms with van der Waals surface area (Å²) >= 11 is 0. The van der Waals surface area contributed by atoms with Gasteiger partial charge >= 0.3 is 0 Å². The molecule has 4 rings (SSSR count). The van der Waals surface area contributed by atoms with E-state index in [1.54, 1.807) is 0 Å². The van der Waals surface area contributed by atoms with E-state index >= 15 is 0 Å². The molecule has 4 aliphatic rings. The molecule has 0 radical (unpaired) electrons. The summed E-state index contributed by atoms with van der Waals surface area (Å²) in [5.74, 6) is 5.06. The molecule has 0 aliphatic heterocycles. The first-order valence-corrected chi connectivity index (χ1v) is 9.46. The van der Waals surface area contributed by atoms with Gasteiger partial charge in [0.1, 0.15) is 5.78 Å². The summed E-state index contributed by atoms with van der Waals surface area (Å²) in [6, 6.07) is 0. The number of rotatable bonds is 0. The zero-order chi connectivity index (χ0) is 14.8. The number of hydrogen-bond donors (Lipinski definition) is 0. The van der Waals surface area contributed by atoms with Crippen LogP contribution in [0, 0.1) is 40.4 Å². The van der Waals surface area contributed by atoms with E-state index in [-0.39, 0.29) is 0 Å². The maximum absolute atomic E-state index is 11.9. The van der Waals surface area contributed by atoms with Crippen LogP contribution in [0.3, 0.4) is 0 Å². The van der Waals surface area contributed by atoms with Crippen LogP contribution in [-0.4, -0.2) is 5.78 Å². The van der Waals surface area contributed by atoms with Crippen molar-refractivity contribution < 1.29 is 4.79 Å². The van der Waals surface area contributed by atoms with Crippen LogP contribution in [-0.2, 0) is 4.79 Å². The van der Waals surface area contributed by atoms with Gasteiger partial charge in [0, 0.05) is 12.8 Å². The zero-order valence-corrected chi connectivity index (χ0v) is 14.2. The molecule has 1 nitrogen and oxygen atoms in total. The number of Topliss-reactive ketones (excluding diaryl/α,β-unsaturated/α-hetero) is 1. The Morgan fingerprint density at radius 3 is 2.57 bits per heavy atom. The molecule has 0 aromatic carbocycles. The summed E-state index contributed by atoms with van der Waals surface area (Å²) < 4.78 is 0. The van der Waals surface area contributed by atoms with Crippen LogP contribution < -0.4 is 0 Å². The molecule has 1 unspecified atom stereocenters. The molecule has 0 amide bonds. The molecule has 0 bridgehead atoms. The molecular formula is C20H32O. The van der Waals surface area contributed by atoms with E-state index in [1.807, 2.05) is 0 Å². The van der Waals surface area contributed by atoms with E-state index in [2.05, 4.69) is 20.8 Å². The molecule has 0 N–H and O–H groups in total. The van der Waals surface area contributed by atoms with Gasteiger partial charge in [0.25, 0.3) is 0 Å². The fraction of sp³-hybridized carbons (Fsp3) is 0.950. The van der Waals surface area contributed by atoms with Gasteiger partial charge in [-0.15, -0.1) is 0 Å². The first kappa shape index (κ1) is 14.3. The normalized spacial score (nSPS) is 56.5. The molecule has 0 heterocycles. The highest BCUT2D eigenvalue weighted by Crippen LogP contribution is 2.66. The SMILES string of the molecule is CC1CC[C@@]2(C)CC[C@H]3[C@@H](CC[C@H]4CC(=O)CC[C@@]43C)[C@H]12. The third kappa shape index (κ3) is 1.91. The minimum atomic E-state index is 0.487. The summed E-state index contributed by atoms with van der Waals surface area (Å²) in [6.45, 7) is 7.68. The molecule has 0 aromatic heterocycles. The Bertz CT molecular complexity index is 455. The molecule has 7 atom stereocenters. The zero-order valence-electron chi connectivity index (χ0n) is 14.2. The summed E-state index contributed by atoms with van der Waals surface area (Å²) in [5.41, 5.74) is 1.13. The quantitative estimate of drug-likeness (QED) is 0.596. The highest BCUT2D eigenvalue weighted by Gasteiger charge is 2.59. The number of ketones is 1. The van der Waals surface area contributed by atoms with Crippen molar-refractivity contribution in [2.24, 2.45) is 40.4 Å². The molecule has 0 spiro atoms. The highest BCUT2D eigenvalue weighted by molar-refractivity contribution is 5.79. The average molecular weight is 288 g/mol. The maximum atomic E-state index is 11.9. The van der Waals surface area contributed by atoms with Gasteiger partial charge in [-0.25, -0.2) is 0 Å². The van der Waals surface area contributed by atoms with Gasteiger partial charge < -0.3 is 0 Å². The molecule has 118 valence electrons. The fourth-order valence-electron chi connectivity index (χ4n) is 7.51. The van der Waals surface area contributed by atoms with Crippen LogP contribution in [0.2, 0.25) is 0 Å². The van der Waals surface area contributed by atoms with E-state index < -0.39 is 0 Å². The molecule has 0 aromatic rings. The molecule has 4 fully saturated rings. The highest BCUT2D eigenvalue weighted by atomic mass is 16.1. The Morgan fingerprint density at radius 1 is 1.00 bits per heavy atom. The van der Waals surface area contributed by atoms with E-state index in [0.29, 0.717) is 22.5 Å². The Hall–Kier alpha value is -0.330. The monoisotopic (exact) mass is 288 g/mol. The van der Waals surface area contributed by atoms with Crippen LogP contribution in [0.4, 0.5) is 0 Å². The standard InChI is InChI=1S/C20H32O/c1-13-6-9-19(2)10-8-17-16(18(13)19)5-4-14-12-15(21)7-11-20(14,17)3/h13-14,16-18H,4-12H2,1-3H3/t13?,14-,16+,17-,18-,19-,20-/m0/s1. The Kier molecular flexibility index (Phi) is 3.12. The Balaban J connectivity index is 1.66. The van der Waals surface area contributed by atoms with Crippen LogP contribution in [0.15, 0.2) is 0 Å². The smallest absolute Gasteiger partial charge is 0.133 e. The van der Waals surface area contributed by atoms with E-state index in [1.165, 1.54) is 44.9 Å². The summed E-state index contributed by atoms with van der Waals surface area (Å²) in [7, 11) is 0. The average Bonchev–Trinajstić information content (AvgIpc) is 2.76.